The smallest absolute Gasteiger partial charge is 0.231 e. The number of nitrogens with zero attached hydrogens (tertiary/aromatic N) is 1. The third-order valence-corrected chi connectivity index (χ3v) is 4.59. The van der Waals surface area contributed by atoms with Gasteiger partial charge in [0.1, 0.15) is 0 Å². The quantitative estimate of drug-likeness (QED) is 0.842. The Morgan fingerprint density at radius 2 is 2.05 bits per heavy atom. The summed E-state index contributed by atoms with van der Waals surface area (Å²) in [5, 5.41) is 0. The lowest BCUT2D eigenvalue weighted by atomic mass is 9.99. The van der Waals surface area contributed by atoms with Crippen LogP contribution in [0.1, 0.15) is 38.2 Å². The molecule has 0 aromatic heterocycles. The molecule has 104 valence electrons. The molecule has 0 bridgehead atoms. The van der Waals surface area contributed by atoms with Crippen molar-refractivity contribution in [2.24, 2.45) is 0 Å². The molecule has 1 aliphatic rings. The van der Waals surface area contributed by atoms with Gasteiger partial charge in [0.2, 0.25) is 5.91 Å². The summed E-state index contributed by atoms with van der Waals surface area (Å²) in [7, 11) is 0. The first-order valence-corrected chi connectivity index (χ1v) is 7.97. The van der Waals surface area contributed by atoms with Gasteiger partial charge in [-0.25, -0.2) is 0 Å². The molecule has 0 spiro atoms. The molecule has 0 aliphatic carbocycles. The number of thioether (sulfide) groups is 1. The second kappa shape index (κ2) is 6.33. The van der Waals surface area contributed by atoms with Crippen molar-refractivity contribution in [3.8, 4) is 0 Å². The molecule has 0 saturated carbocycles. The van der Waals surface area contributed by atoms with Crippen molar-refractivity contribution in [1.82, 2.24) is 4.90 Å². The second-order valence-corrected chi connectivity index (χ2v) is 6.05. The molecular weight excluding hydrogens is 256 g/mol. The zero-order valence-corrected chi connectivity index (χ0v) is 12.5. The fourth-order valence-electron chi connectivity index (χ4n) is 2.53. The summed E-state index contributed by atoms with van der Waals surface area (Å²) in [5.41, 5.74) is 7.72. The Morgan fingerprint density at radius 3 is 2.68 bits per heavy atom. The summed E-state index contributed by atoms with van der Waals surface area (Å²) in [6, 6.07) is 5.91. The van der Waals surface area contributed by atoms with Gasteiger partial charge >= 0.3 is 0 Å². The van der Waals surface area contributed by atoms with E-state index in [2.05, 4.69) is 13.8 Å². The minimum atomic E-state index is -0.0124. The molecule has 3 nitrogen and oxygen atoms in total. The number of rotatable bonds is 5. The van der Waals surface area contributed by atoms with E-state index < -0.39 is 0 Å². The highest BCUT2D eigenvalue weighted by molar-refractivity contribution is 7.99. The van der Waals surface area contributed by atoms with Gasteiger partial charge in [0.15, 0.2) is 0 Å². The van der Waals surface area contributed by atoms with Crippen LogP contribution in [0.25, 0.3) is 0 Å². The van der Waals surface area contributed by atoms with E-state index in [1.54, 1.807) is 11.8 Å². The van der Waals surface area contributed by atoms with Crippen molar-refractivity contribution in [1.29, 1.82) is 0 Å². The van der Waals surface area contributed by atoms with Crippen molar-refractivity contribution >= 4 is 23.4 Å². The Bertz CT molecular complexity index is 455. The summed E-state index contributed by atoms with van der Waals surface area (Å²) in [5.74, 6) is 1.10. The van der Waals surface area contributed by atoms with Crippen LogP contribution in [0.5, 0.6) is 0 Å². The highest BCUT2D eigenvalue weighted by Gasteiger charge is 2.32. The first kappa shape index (κ1) is 14.3. The second-order valence-electron chi connectivity index (χ2n) is 4.99. The van der Waals surface area contributed by atoms with E-state index in [1.165, 1.54) is 4.90 Å². The van der Waals surface area contributed by atoms with Crippen molar-refractivity contribution < 1.29 is 4.79 Å². The van der Waals surface area contributed by atoms with Gasteiger partial charge in [-0.1, -0.05) is 13.8 Å². The molecule has 0 radical (unpaired) electrons. The summed E-state index contributed by atoms with van der Waals surface area (Å²) >= 11 is 1.76. The molecule has 2 N–H and O–H groups in total. The number of hydrogen-bond donors (Lipinski definition) is 1. The Labute approximate surface area is 119 Å². The molecule has 1 amide bonds. The maximum absolute atomic E-state index is 12.7. The number of carbonyl (C=O) groups excluding carboxylic acids is 1. The Kier molecular flexibility index (Phi) is 4.75. The molecule has 1 heterocycles. The Balaban J connectivity index is 2.19. The normalized spacial score (nSPS) is 17.3. The molecule has 1 aromatic rings. The number of anilines is 1. The van der Waals surface area contributed by atoms with Gasteiger partial charge in [-0.3, -0.25) is 4.79 Å². The van der Waals surface area contributed by atoms with Crippen LogP contribution in [0.3, 0.4) is 0 Å². The number of hydrogen-bond acceptors (Lipinski definition) is 3. The monoisotopic (exact) mass is 278 g/mol. The van der Waals surface area contributed by atoms with Crippen molar-refractivity contribution in [3.63, 3.8) is 0 Å². The van der Waals surface area contributed by atoms with Gasteiger partial charge in [-0.05, 0) is 36.6 Å². The predicted molar refractivity (Wildman–Crippen MR) is 81.5 cm³/mol. The SMILES string of the molecule is CCCN(CCC)C(=O)C1CSc2ccc(N)cc21. The number of benzene rings is 1. The third-order valence-electron chi connectivity index (χ3n) is 3.41. The first-order valence-electron chi connectivity index (χ1n) is 6.98. The van der Waals surface area contributed by atoms with E-state index >= 15 is 0 Å². The van der Waals surface area contributed by atoms with Crippen LogP contribution >= 0.6 is 11.8 Å². The van der Waals surface area contributed by atoms with Crippen molar-refractivity contribution in [2.45, 2.75) is 37.5 Å². The lowest BCUT2D eigenvalue weighted by molar-refractivity contribution is -0.132. The van der Waals surface area contributed by atoms with E-state index in [4.69, 9.17) is 5.73 Å². The standard InChI is InChI=1S/C15H22N2OS/c1-3-7-17(8-4-2)15(18)13-10-19-14-6-5-11(16)9-12(13)14/h5-6,9,13H,3-4,7-8,10,16H2,1-2H3. The van der Waals surface area contributed by atoms with Crippen LogP contribution in [-0.4, -0.2) is 29.6 Å². The molecule has 2 rings (SSSR count). The molecule has 1 aromatic carbocycles. The zero-order chi connectivity index (χ0) is 13.8. The van der Waals surface area contributed by atoms with Crippen LogP contribution in [-0.2, 0) is 4.79 Å². The molecule has 1 unspecified atom stereocenters. The topological polar surface area (TPSA) is 46.3 Å². The van der Waals surface area contributed by atoms with Gasteiger partial charge in [0, 0.05) is 29.4 Å². The van der Waals surface area contributed by atoms with Crippen LogP contribution in [0.15, 0.2) is 23.1 Å². The van der Waals surface area contributed by atoms with Gasteiger partial charge in [0.05, 0.1) is 5.92 Å². The minimum absolute atomic E-state index is 0.0124. The number of nitrogen functional groups attached to an aromatic ring is 1. The summed E-state index contributed by atoms with van der Waals surface area (Å²) in [4.78, 5) is 15.9. The van der Waals surface area contributed by atoms with Crippen LogP contribution in [0.2, 0.25) is 0 Å². The fraction of sp³-hybridized carbons (Fsp3) is 0.533. The molecular formula is C15H22N2OS. The Hall–Kier alpha value is -1.16. The van der Waals surface area contributed by atoms with E-state index in [9.17, 15) is 4.79 Å². The molecule has 0 fully saturated rings. The van der Waals surface area contributed by atoms with Crippen molar-refractivity contribution in [3.05, 3.63) is 23.8 Å². The maximum atomic E-state index is 12.7. The van der Waals surface area contributed by atoms with E-state index in [0.29, 0.717) is 0 Å². The van der Waals surface area contributed by atoms with Crippen LogP contribution in [0, 0.1) is 0 Å². The zero-order valence-electron chi connectivity index (χ0n) is 11.7. The fourth-order valence-corrected chi connectivity index (χ4v) is 3.73. The van der Waals surface area contributed by atoms with Gasteiger partial charge < -0.3 is 10.6 Å². The Morgan fingerprint density at radius 1 is 1.37 bits per heavy atom. The number of amides is 1. The average molecular weight is 278 g/mol. The van der Waals surface area contributed by atoms with E-state index in [0.717, 1.165) is 42.9 Å². The lowest BCUT2D eigenvalue weighted by Crippen LogP contribution is -2.36. The number of carbonyl (C=O) groups is 1. The minimum Gasteiger partial charge on any atom is -0.399 e. The predicted octanol–water partition coefficient (Wildman–Crippen LogP) is 3.11. The summed E-state index contributed by atoms with van der Waals surface area (Å²) < 4.78 is 0. The number of fused-ring (bicyclic) bond motifs is 1. The third kappa shape index (κ3) is 3.06. The average Bonchev–Trinajstić information content (AvgIpc) is 2.80. The highest BCUT2D eigenvalue weighted by Crippen LogP contribution is 2.41. The van der Waals surface area contributed by atoms with Gasteiger partial charge in [-0.2, -0.15) is 0 Å². The number of nitrogens with two attached hydrogens (primary N) is 1. The van der Waals surface area contributed by atoms with Crippen LogP contribution < -0.4 is 5.73 Å². The summed E-state index contributed by atoms with van der Waals surface area (Å²) in [6.45, 7) is 5.94. The molecule has 0 saturated heterocycles. The summed E-state index contributed by atoms with van der Waals surface area (Å²) in [6.07, 6.45) is 2.02. The molecule has 1 atom stereocenters. The van der Waals surface area contributed by atoms with Gasteiger partial charge in [-0.15, -0.1) is 11.8 Å². The maximum Gasteiger partial charge on any atom is 0.231 e. The van der Waals surface area contributed by atoms with Gasteiger partial charge in [0.25, 0.3) is 0 Å². The van der Waals surface area contributed by atoms with E-state index in [1.807, 2.05) is 23.1 Å². The van der Waals surface area contributed by atoms with Crippen molar-refractivity contribution in [2.75, 3.05) is 24.6 Å². The van der Waals surface area contributed by atoms with Crippen LogP contribution in [0.4, 0.5) is 5.69 Å². The highest BCUT2D eigenvalue weighted by atomic mass is 32.2. The first-order chi connectivity index (χ1) is 9.17. The molecule has 19 heavy (non-hydrogen) atoms. The molecule has 1 aliphatic heterocycles. The molecule has 4 heteroatoms. The lowest BCUT2D eigenvalue weighted by Gasteiger charge is -2.25. The largest absolute Gasteiger partial charge is 0.399 e. The van der Waals surface area contributed by atoms with E-state index in [-0.39, 0.29) is 11.8 Å².